The normalized spacial score (nSPS) is 10.7. The third kappa shape index (κ3) is 5.08. The Bertz CT molecular complexity index is 1240. The molecule has 0 fully saturated rings. The Hall–Kier alpha value is -3.70. The van der Waals surface area contributed by atoms with Crippen molar-refractivity contribution < 1.29 is 9.90 Å². The number of nitriles is 1. The Morgan fingerprint density at radius 3 is 2.58 bits per heavy atom. The van der Waals surface area contributed by atoms with Gasteiger partial charge in [-0.2, -0.15) is 5.26 Å². The van der Waals surface area contributed by atoms with Crippen molar-refractivity contribution >= 4 is 33.9 Å². The Morgan fingerprint density at radius 2 is 1.90 bits per heavy atom. The maximum absolute atomic E-state index is 12.7. The summed E-state index contributed by atoms with van der Waals surface area (Å²) in [6, 6.07) is 17.8. The Labute approximate surface area is 187 Å². The molecule has 0 radical (unpaired) electrons. The number of pyridine rings is 1. The molecule has 2 amide bonds. The molecule has 0 saturated carbocycles. The number of aliphatic imine (C=N–C) groups is 1. The quantitative estimate of drug-likeness (QED) is 0.530. The molecule has 0 bridgehead atoms. The highest BCUT2D eigenvalue weighted by molar-refractivity contribution is 9.10. The van der Waals surface area contributed by atoms with Gasteiger partial charge in [0.1, 0.15) is 11.6 Å². The highest BCUT2D eigenvalue weighted by Gasteiger charge is 2.18. The molecule has 156 valence electrons. The number of nitrogens with one attached hydrogen (secondary N) is 1. The van der Waals surface area contributed by atoms with E-state index in [0.29, 0.717) is 16.6 Å². The second kappa shape index (κ2) is 9.87. The standard InChI is InChI=1S/C23H19BrN4O3/c1-15-17(13-25)21(29)28(12-11-16-7-3-2-4-8-16)22(30)18(15)14-26-23(31)27-20-10-6-5-9-19(20)24/h2-10,14,30H,11-12H2,1H3,(H,27,31)/b26-14-. The van der Waals surface area contributed by atoms with Crippen molar-refractivity contribution in [2.24, 2.45) is 4.99 Å². The molecule has 0 unspecified atom stereocenters. The SMILES string of the molecule is Cc1c(/C=N\C(=O)Nc2ccccc2Br)c(O)n(CCc2ccccc2)c(=O)c1C#N. The molecule has 8 heteroatoms. The van der Waals surface area contributed by atoms with Gasteiger partial charge >= 0.3 is 6.03 Å². The molecule has 0 aliphatic carbocycles. The van der Waals surface area contributed by atoms with Gasteiger partial charge in [0.15, 0.2) is 0 Å². The number of aromatic hydroxyl groups is 1. The molecule has 0 atom stereocenters. The summed E-state index contributed by atoms with van der Waals surface area (Å²) >= 11 is 3.34. The van der Waals surface area contributed by atoms with Crippen molar-refractivity contribution in [2.75, 3.05) is 5.32 Å². The van der Waals surface area contributed by atoms with Crippen molar-refractivity contribution in [1.82, 2.24) is 4.57 Å². The van der Waals surface area contributed by atoms with E-state index in [1.165, 1.54) is 6.92 Å². The largest absolute Gasteiger partial charge is 0.494 e. The lowest BCUT2D eigenvalue weighted by atomic mass is 10.1. The number of para-hydroxylation sites is 1. The molecule has 0 saturated heterocycles. The minimum atomic E-state index is -0.661. The Kier molecular flexibility index (Phi) is 7.00. The number of aromatic nitrogens is 1. The van der Waals surface area contributed by atoms with Gasteiger partial charge in [0.25, 0.3) is 5.56 Å². The van der Waals surface area contributed by atoms with Gasteiger partial charge in [0, 0.05) is 17.2 Å². The third-order valence-electron chi connectivity index (χ3n) is 4.74. The number of carbonyl (C=O) groups is 1. The zero-order valence-electron chi connectivity index (χ0n) is 16.7. The van der Waals surface area contributed by atoms with E-state index in [9.17, 15) is 20.0 Å². The van der Waals surface area contributed by atoms with E-state index in [1.807, 2.05) is 42.5 Å². The summed E-state index contributed by atoms with van der Waals surface area (Å²) in [5, 5.41) is 22.8. The minimum Gasteiger partial charge on any atom is -0.494 e. The molecule has 0 aliphatic rings. The average molecular weight is 479 g/mol. The van der Waals surface area contributed by atoms with Crippen LogP contribution in [-0.2, 0) is 13.0 Å². The number of nitrogens with zero attached hydrogens (tertiary/aromatic N) is 3. The zero-order valence-corrected chi connectivity index (χ0v) is 18.3. The van der Waals surface area contributed by atoms with Crippen LogP contribution in [-0.4, -0.2) is 21.9 Å². The molecule has 2 aromatic carbocycles. The lowest BCUT2D eigenvalue weighted by molar-refractivity contribution is 0.259. The number of benzene rings is 2. The maximum Gasteiger partial charge on any atom is 0.345 e. The maximum atomic E-state index is 12.7. The monoisotopic (exact) mass is 478 g/mol. The number of hydrogen-bond donors (Lipinski definition) is 2. The minimum absolute atomic E-state index is 0.0986. The molecule has 0 aliphatic heterocycles. The lowest BCUT2D eigenvalue weighted by Crippen LogP contribution is -2.26. The number of halogens is 1. The van der Waals surface area contributed by atoms with E-state index >= 15 is 0 Å². The highest BCUT2D eigenvalue weighted by Crippen LogP contribution is 2.22. The van der Waals surface area contributed by atoms with Crippen molar-refractivity contribution in [3.05, 3.63) is 91.7 Å². The fourth-order valence-corrected chi connectivity index (χ4v) is 3.44. The van der Waals surface area contributed by atoms with Gasteiger partial charge in [-0.3, -0.25) is 9.36 Å². The number of aryl methyl sites for hydroxylation is 1. The van der Waals surface area contributed by atoms with E-state index in [0.717, 1.165) is 16.3 Å². The summed E-state index contributed by atoms with van der Waals surface area (Å²) in [7, 11) is 0. The van der Waals surface area contributed by atoms with Crippen molar-refractivity contribution in [2.45, 2.75) is 19.9 Å². The predicted octanol–water partition coefficient (Wildman–Crippen LogP) is 4.39. The Morgan fingerprint density at radius 1 is 1.23 bits per heavy atom. The van der Waals surface area contributed by atoms with Crippen LogP contribution in [0, 0.1) is 18.3 Å². The summed E-state index contributed by atoms with van der Waals surface area (Å²) in [4.78, 5) is 28.8. The first kappa shape index (κ1) is 22.0. The molecule has 3 rings (SSSR count). The number of hydrogen-bond acceptors (Lipinski definition) is 4. The van der Waals surface area contributed by atoms with Crippen molar-refractivity contribution in [1.29, 1.82) is 5.26 Å². The summed E-state index contributed by atoms with van der Waals surface area (Å²) in [6.07, 6.45) is 1.65. The topological polar surface area (TPSA) is 107 Å². The van der Waals surface area contributed by atoms with Crippen LogP contribution in [0.3, 0.4) is 0 Å². The van der Waals surface area contributed by atoms with Crippen LogP contribution in [0.4, 0.5) is 10.5 Å². The Balaban J connectivity index is 1.91. The van der Waals surface area contributed by atoms with Crippen LogP contribution >= 0.6 is 15.9 Å². The van der Waals surface area contributed by atoms with Gasteiger partial charge in [0.2, 0.25) is 5.88 Å². The number of urea groups is 1. The molecule has 1 aromatic heterocycles. The lowest BCUT2D eigenvalue weighted by Gasteiger charge is -2.14. The molecular weight excluding hydrogens is 460 g/mol. The predicted molar refractivity (Wildman–Crippen MR) is 123 cm³/mol. The number of carbonyl (C=O) groups excluding carboxylic acids is 1. The summed E-state index contributed by atoms with van der Waals surface area (Å²) in [6.45, 7) is 1.71. The smallest absolute Gasteiger partial charge is 0.345 e. The van der Waals surface area contributed by atoms with Gasteiger partial charge in [-0.1, -0.05) is 42.5 Å². The van der Waals surface area contributed by atoms with Gasteiger partial charge in [-0.05, 0) is 52.5 Å². The van der Waals surface area contributed by atoms with Crippen LogP contribution in [0.25, 0.3) is 0 Å². The molecule has 3 aromatic rings. The van der Waals surface area contributed by atoms with Crippen LogP contribution in [0.2, 0.25) is 0 Å². The summed E-state index contributed by atoms with van der Waals surface area (Å²) in [5.74, 6) is -0.338. The van der Waals surface area contributed by atoms with E-state index in [4.69, 9.17) is 0 Å². The van der Waals surface area contributed by atoms with Crippen molar-refractivity contribution in [3.63, 3.8) is 0 Å². The fraction of sp³-hybridized carbons (Fsp3) is 0.130. The number of rotatable bonds is 5. The molecular formula is C23H19BrN4O3. The van der Waals surface area contributed by atoms with Gasteiger partial charge < -0.3 is 10.4 Å². The van der Waals surface area contributed by atoms with Crippen molar-refractivity contribution in [3.8, 4) is 11.9 Å². The van der Waals surface area contributed by atoms with E-state index in [-0.39, 0.29) is 29.1 Å². The molecule has 0 spiro atoms. The summed E-state index contributed by atoms with van der Waals surface area (Å²) < 4.78 is 1.82. The fourth-order valence-electron chi connectivity index (χ4n) is 3.05. The van der Waals surface area contributed by atoms with Gasteiger partial charge in [0.05, 0.1) is 11.3 Å². The van der Waals surface area contributed by atoms with E-state index in [2.05, 4.69) is 26.2 Å². The highest BCUT2D eigenvalue weighted by atomic mass is 79.9. The van der Waals surface area contributed by atoms with Crippen LogP contribution in [0.5, 0.6) is 5.88 Å². The average Bonchev–Trinajstić information content (AvgIpc) is 2.76. The second-order valence-electron chi connectivity index (χ2n) is 6.71. The first-order valence-corrected chi connectivity index (χ1v) is 10.2. The number of amides is 2. The molecule has 7 nitrogen and oxygen atoms in total. The molecule has 2 N–H and O–H groups in total. The third-order valence-corrected chi connectivity index (χ3v) is 5.43. The summed E-state index contributed by atoms with van der Waals surface area (Å²) in [5.41, 5.74) is 1.25. The van der Waals surface area contributed by atoms with E-state index < -0.39 is 11.6 Å². The second-order valence-corrected chi connectivity index (χ2v) is 7.56. The first-order valence-electron chi connectivity index (χ1n) is 9.42. The van der Waals surface area contributed by atoms with Crippen LogP contribution in [0.1, 0.15) is 22.3 Å². The first-order chi connectivity index (χ1) is 14.9. The van der Waals surface area contributed by atoms with Gasteiger partial charge in [-0.25, -0.2) is 9.79 Å². The number of anilines is 1. The van der Waals surface area contributed by atoms with E-state index in [1.54, 1.807) is 18.2 Å². The zero-order chi connectivity index (χ0) is 22.4. The van der Waals surface area contributed by atoms with Gasteiger partial charge in [-0.15, -0.1) is 0 Å². The van der Waals surface area contributed by atoms with Crippen LogP contribution < -0.4 is 10.9 Å². The van der Waals surface area contributed by atoms with Crippen LogP contribution in [0.15, 0.2) is 68.9 Å². The molecule has 1 heterocycles. The molecule has 31 heavy (non-hydrogen) atoms.